The molecule has 0 spiro atoms. The molecule has 0 bridgehead atoms. The van der Waals surface area contributed by atoms with E-state index in [1.165, 1.54) is 11.9 Å². The van der Waals surface area contributed by atoms with E-state index in [-0.39, 0.29) is 11.4 Å². The number of carbonyl (C=O) groups is 1. The van der Waals surface area contributed by atoms with Gasteiger partial charge in [-0.15, -0.1) is 0 Å². The first-order valence-electron chi connectivity index (χ1n) is 19.5. The molecule has 1 heterocycles. The molecule has 60 heavy (non-hydrogen) atoms. The molecule has 14 heteroatoms. The zero-order valence-electron chi connectivity index (χ0n) is 34.8. The van der Waals surface area contributed by atoms with Gasteiger partial charge in [0.2, 0.25) is 11.8 Å². The summed E-state index contributed by atoms with van der Waals surface area (Å²) in [6.45, 7) is 9.23. The average molecular weight is 833 g/mol. The van der Waals surface area contributed by atoms with Gasteiger partial charge in [0.25, 0.3) is 0 Å². The van der Waals surface area contributed by atoms with E-state index in [0.717, 1.165) is 33.2 Å². The number of aromatic nitrogens is 2. The zero-order valence-corrected chi connectivity index (χ0v) is 35.6. The van der Waals surface area contributed by atoms with E-state index < -0.39 is 0 Å². The van der Waals surface area contributed by atoms with Crippen LogP contribution in [0, 0.1) is 0 Å². The molecule has 6 aromatic rings. The monoisotopic (exact) mass is 832 g/mol. The van der Waals surface area contributed by atoms with E-state index in [1.807, 2.05) is 85.1 Å². The molecule has 0 aliphatic heterocycles. The largest absolute Gasteiger partial charge is 0.497 e. The molecule has 0 saturated carbocycles. The second kappa shape index (κ2) is 21.3. The van der Waals surface area contributed by atoms with Crippen LogP contribution in [0.1, 0.15) is 26.3 Å². The van der Waals surface area contributed by atoms with Gasteiger partial charge >= 0.3 is 6.03 Å². The van der Waals surface area contributed by atoms with E-state index in [0.29, 0.717) is 85.8 Å². The summed E-state index contributed by atoms with van der Waals surface area (Å²) >= 11 is 1.51. The van der Waals surface area contributed by atoms with Crippen LogP contribution in [0.4, 0.5) is 33.5 Å². The number of anilines is 5. The highest BCUT2D eigenvalue weighted by atomic mass is 32.2. The maximum atomic E-state index is 13.9. The Bertz CT molecular complexity index is 2340. The Morgan fingerprint density at radius 2 is 1.40 bits per heavy atom. The number of hydrogen-bond donors (Lipinski definition) is 4. The van der Waals surface area contributed by atoms with Gasteiger partial charge in [-0.05, 0) is 40.8 Å². The third kappa shape index (κ3) is 12.0. The van der Waals surface area contributed by atoms with E-state index >= 15 is 0 Å². The molecule has 13 nitrogen and oxygen atoms in total. The maximum Gasteiger partial charge on any atom is 0.323 e. The van der Waals surface area contributed by atoms with E-state index in [2.05, 4.69) is 63.5 Å². The summed E-state index contributed by atoms with van der Waals surface area (Å²) in [5, 5.41) is 11.1. The van der Waals surface area contributed by atoms with Crippen LogP contribution in [0.15, 0.2) is 109 Å². The van der Waals surface area contributed by atoms with Crippen molar-refractivity contribution in [3.05, 3.63) is 115 Å². The number of fused-ring (bicyclic) bond motifs is 1. The lowest BCUT2D eigenvalue weighted by atomic mass is 9.84. The number of urea groups is 1. The van der Waals surface area contributed by atoms with Crippen molar-refractivity contribution in [2.24, 2.45) is 0 Å². The Morgan fingerprint density at radius 1 is 0.717 bits per heavy atom. The number of nitrogens with one attached hydrogen (secondary N) is 4. The minimum absolute atomic E-state index is 0.159. The SMILES string of the molecule is COCCOCCOCCOc1cc(Nc2nccc(Oc3ccc(NC(=O)Nc4cc(C(C)(C)C)cc(NSC)c4-c4ccccc4)c4ccccc34)n2)cc(OC)c1. The van der Waals surface area contributed by atoms with Crippen molar-refractivity contribution in [2.75, 3.05) is 80.8 Å². The van der Waals surface area contributed by atoms with Crippen LogP contribution in [-0.2, 0) is 19.6 Å². The molecule has 0 saturated heterocycles. The van der Waals surface area contributed by atoms with Gasteiger partial charge in [-0.2, -0.15) is 4.98 Å². The van der Waals surface area contributed by atoms with Crippen molar-refractivity contribution in [1.29, 1.82) is 0 Å². The van der Waals surface area contributed by atoms with Crippen LogP contribution >= 0.6 is 11.9 Å². The predicted molar refractivity (Wildman–Crippen MR) is 242 cm³/mol. The molecule has 0 aliphatic rings. The van der Waals surface area contributed by atoms with Crippen LogP contribution in [0.5, 0.6) is 23.1 Å². The highest BCUT2D eigenvalue weighted by Crippen LogP contribution is 2.41. The second-order valence-corrected chi connectivity index (χ2v) is 15.1. The van der Waals surface area contributed by atoms with Gasteiger partial charge in [-0.3, -0.25) is 0 Å². The fourth-order valence-corrected chi connectivity index (χ4v) is 6.63. The van der Waals surface area contributed by atoms with Gasteiger partial charge in [0, 0.05) is 65.9 Å². The first-order chi connectivity index (χ1) is 29.1. The van der Waals surface area contributed by atoms with Crippen LogP contribution in [0.3, 0.4) is 0 Å². The molecular formula is C46H52N6O7S. The Kier molecular flexibility index (Phi) is 15.4. The number of carbonyl (C=O) groups excluding carboxylic acids is 1. The summed E-state index contributed by atoms with van der Waals surface area (Å²) in [6, 6.07) is 32.3. The zero-order chi connectivity index (χ0) is 42.3. The van der Waals surface area contributed by atoms with E-state index in [4.69, 9.17) is 28.4 Å². The fraction of sp³-hybridized carbons (Fsp3) is 0.283. The summed E-state index contributed by atoms with van der Waals surface area (Å²) in [5.74, 6) is 2.37. The number of rotatable bonds is 20. The van der Waals surface area contributed by atoms with Crippen LogP contribution < -0.4 is 34.9 Å². The van der Waals surface area contributed by atoms with Gasteiger partial charge in [0.05, 0.1) is 57.2 Å². The molecular weight excluding hydrogens is 781 g/mol. The summed E-state index contributed by atoms with van der Waals surface area (Å²) in [6.07, 6.45) is 3.59. The highest BCUT2D eigenvalue weighted by Gasteiger charge is 2.22. The second-order valence-electron chi connectivity index (χ2n) is 14.5. The van der Waals surface area contributed by atoms with Crippen LogP contribution in [-0.4, -0.2) is 76.1 Å². The molecule has 1 aromatic heterocycles. The lowest BCUT2D eigenvalue weighted by molar-refractivity contribution is 0.0179. The van der Waals surface area contributed by atoms with Crippen molar-refractivity contribution >= 4 is 57.4 Å². The first-order valence-corrected chi connectivity index (χ1v) is 20.7. The van der Waals surface area contributed by atoms with Gasteiger partial charge in [-0.1, -0.05) is 87.3 Å². The van der Waals surface area contributed by atoms with Crippen molar-refractivity contribution in [3.8, 4) is 34.3 Å². The fourth-order valence-electron chi connectivity index (χ4n) is 6.25. The Balaban J connectivity index is 1.15. The molecule has 314 valence electrons. The normalized spacial score (nSPS) is 11.2. The van der Waals surface area contributed by atoms with Crippen molar-refractivity contribution in [3.63, 3.8) is 0 Å². The van der Waals surface area contributed by atoms with Gasteiger partial charge < -0.3 is 49.1 Å². The molecule has 5 aromatic carbocycles. The standard InChI is InChI=1S/C46H52N6O7S/c1-46(2,3)32-26-39(43(40(27-32)52-60-6)31-12-8-7-9-13-31)50-45(53)49-38-16-17-41(37-15-11-10-14-36(37)38)59-42-18-19-47-44(51-42)48-33-28-34(55-5)30-35(29-33)58-25-24-57-23-22-56-21-20-54-4/h7-19,26-30,52H,20-25H2,1-6H3,(H,47,48,51)(H2,49,50,53). The Labute approximate surface area is 355 Å². The predicted octanol–water partition coefficient (Wildman–Crippen LogP) is 10.5. The quantitative estimate of drug-likeness (QED) is 0.0429. The number of ether oxygens (including phenoxy) is 6. The van der Waals surface area contributed by atoms with Gasteiger partial charge in [0.15, 0.2) is 0 Å². The molecule has 4 N–H and O–H groups in total. The van der Waals surface area contributed by atoms with E-state index in [1.54, 1.807) is 32.5 Å². The molecule has 6 rings (SSSR count). The third-order valence-corrected chi connectivity index (χ3v) is 9.60. The van der Waals surface area contributed by atoms with Crippen LogP contribution in [0.25, 0.3) is 21.9 Å². The third-order valence-electron chi connectivity index (χ3n) is 9.18. The molecule has 2 amide bonds. The molecule has 0 aliphatic carbocycles. The molecule has 0 radical (unpaired) electrons. The number of methoxy groups -OCH3 is 2. The first kappa shape index (κ1) is 43.5. The summed E-state index contributed by atoms with van der Waals surface area (Å²) in [7, 11) is 3.23. The van der Waals surface area contributed by atoms with Crippen molar-refractivity contribution in [2.45, 2.75) is 26.2 Å². The minimum Gasteiger partial charge on any atom is -0.497 e. The topological polar surface area (TPSA) is 146 Å². The summed E-state index contributed by atoms with van der Waals surface area (Å²) < 4.78 is 37.2. The number of amides is 2. The summed E-state index contributed by atoms with van der Waals surface area (Å²) in [4.78, 5) is 22.9. The van der Waals surface area contributed by atoms with Crippen molar-refractivity contribution < 1.29 is 33.2 Å². The lowest BCUT2D eigenvalue weighted by Gasteiger charge is -2.25. The summed E-state index contributed by atoms with van der Waals surface area (Å²) in [5.41, 5.74) is 5.69. The van der Waals surface area contributed by atoms with Crippen LogP contribution in [0.2, 0.25) is 0 Å². The highest BCUT2D eigenvalue weighted by molar-refractivity contribution is 7.99. The lowest BCUT2D eigenvalue weighted by Crippen LogP contribution is -2.21. The van der Waals surface area contributed by atoms with Crippen molar-refractivity contribution in [1.82, 2.24) is 9.97 Å². The van der Waals surface area contributed by atoms with Gasteiger partial charge in [-0.25, -0.2) is 9.78 Å². The van der Waals surface area contributed by atoms with Gasteiger partial charge in [0.1, 0.15) is 23.9 Å². The maximum absolute atomic E-state index is 13.9. The average Bonchev–Trinajstić information content (AvgIpc) is 3.24. The van der Waals surface area contributed by atoms with E-state index in [9.17, 15) is 4.79 Å². The molecule has 0 unspecified atom stereocenters. The molecule has 0 atom stereocenters. The molecule has 0 fully saturated rings. The minimum atomic E-state index is -0.377. The Hall–Kier alpha value is -6.06. The number of hydrogen-bond acceptors (Lipinski definition) is 12. The number of nitrogens with zero attached hydrogens (tertiary/aromatic N) is 2. The Morgan fingerprint density at radius 3 is 2.13 bits per heavy atom. The smallest absolute Gasteiger partial charge is 0.323 e. The number of benzene rings is 5.